The zero-order valence-corrected chi connectivity index (χ0v) is 11.5. The van der Waals surface area contributed by atoms with Gasteiger partial charge in [0.25, 0.3) is 0 Å². The van der Waals surface area contributed by atoms with Gasteiger partial charge in [0, 0.05) is 26.1 Å². The van der Waals surface area contributed by atoms with Gasteiger partial charge in [-0.2, -0.15) is 0 Å². The lowest BCUT2D eigenvalue weighted by Gasteiger charge is -2.16. The molecule has 1 amide bonds. The van der Waals surface area contributed by atoms with Gasteiger partial charge in [-0.3, -0.25) is 4.79 Å². The third-order valence-electron chi connectivity index (χ3n) is 3.50. The number of ether oxygens (including phenoxy) is 1. The monoisotopic (exact) mass is 262 g/mol. The molecule has 1 aromatic rings. The lowest BCUT2D eigenvalue weighted by molar-refractivity contribution is -0.128. The minimum atomic E-state index is 0.217. The van der Waals surface area contributed by atoms with Crippen molar-refractivity contribution in [3.63, 3.8) is 0 Å². The van der Waals surface area contributed by atoms with Crippen molar-refractivity contribution in [3.05, 3.63) is 35.4 Å². The van der Waals surface area contributed by atoms with Gasteiger partial charge in [-0.25, -0.2) is 0 Å². The Kier molecular flexibility index (Phi) is 4.93. The van der Waals surface area contributed by atoms with E-state index in [9.17, 15) is 4.79 Å². The minimum absolute atomic E-state index is 0.217. The van der Waals surface area contributed by atoms with E-state index >= 15 is 0 Å². The summed E-state index contributed by atoms with van der Waals surface area (Å²) in [4.78, 5) is 13.7. The van der Waals surface area contributed by atoms with Gasteiger partial charge in [-0.1, -0.05) is 24.3 Å². The predicted octanol–water partition coefficient (Wildman–Crippen LogP) is 1.53. The van der Waals surface area contributed by atoms with Crippen LogP contribution < -0.4 is 5.73 Å². The quantitative estimate of drug-likeness (QED) is 0.846. The van der Waals surface area contributed by atoms with E-state index < -0.39 is 0 Å². The molecule has 0 aliphatic carbocycles. The van der Waals surface area contributed by atoms with Crippen LogP contribution in [0.4, 0.5) is 0 Å². The van der Waals surface area contributed by atoms with Crippen LogP contribution in [0, 0.1) is 5.92 Å². The molecule has 4 nitrogen and oxygen atoms in total. The molecule has 1 saturated heterocycles. The molecule has 0 bridgehead atoms. The fraction of sp³-hybridized carbons (Fsp3) is 0.533. The van der Waals surface area contributed by atoms with Crippen LogP contribution >= 0.6 is 0 Å². The molecule has 0 saturated carbocycles. The molecular weight excluding hydrogens is 240 g/mol. The Morgan fingerprint density at radius 3 is 2.58 bits per heavy atom. The number of amides is 1. The Hall–Kier alpha value is -1.39. The summed E-state index contributed by atoms with van der Waals surface area (Å²) in [6, 6.07) is 8.26. The average Bonchev–Trinajstić information content (AvgIpc) is 2.79. The van der Waals surface area contributed by atoms with E-state index in [1.54, 1.807) is 0 Å². The van der Waals surface area contributed by atoms with Crippen molar-refractivity contribution in [1.82, 2.24) is 4.90 Å². The summed E-state index contributed by atoms with van der Waals surface area (Å²) in [5, 5.41) is 0. The second kappa shape index (κ2) is 6.68. The topological polar surface area (TPSA) is 55.6 Å². The first-order valence-electron chi connectivity index (χ1n) is 6.86. The van der Waals surface area contributed by atoms with Crippen molar-refractivity contribution in [3.8, 4) is 0 Å². The molecule has 1 aromatic carbocycles. The number of rotatable bonds is 6. The molecule has 2 N–H and O–H groups in total. The van der Waals surface area contributed by atoms with E-state index in [0.29, 0.717) is 32.0 Å². The number of carbonyl (C=O) groups excluding carboxylic acids is 1. The van der Waals surface area contributed by atoms with Crippen LogP contribution in [-0.2, 0) is 22.7 Å². The summed E-state index contributed by atoms with van der Waals surface area (Å²) in [5.74, 6) is 0.540. The van der Waals surface area contributed by atoms with E-state index in [-0.39, 0.29) is 5.91 Å². The molecule has 0 spiro atoms. The summed E-state index contributed by atoms with van der Waals surface area (Å²) in [6.07, 6.45) is 0.596. The molecule has 1 heterocycles. The Labute approximate surface area is 114 Å². The number of benzene rings is 1. The zero-order valence-electron chi connectivity index (χ0n) is 11.5. The van der Waals surface area contributed by atoms with Crippen LogP contribution in [-0.4, -0.2) is 30.5 Å². The third kappa shape index (κ3) is 3.78. The number of hydrogen-bond donors (Lipinski definition) is 1. The molecule has 1 atom stereocenters. The molecule has 0 radical (unpaired) electrons. The molecule has 19 heavy (non-hydrogen) atoms. The second-order valence-corrected chi connectivity index (χ2v) is 5.03. The summed E-state index contributed by atoms with van der Waals surface area (Å²) < 4.78 is 5.36. The maximum Gasteiger partial charge on any atom is 0.223 e. The highest BCUT2D eigenvalue weighted by Gasteiger charge is 2.28. The SMILES string of the molecule is CCOCc1ccc(CN2CC(CN)CC2=O)cc1. The lowest BCUT2D eigenvalue weighted by Crippen LogP contribution is -2.25. The third-order valence-corrected chi connectivity index (χ3v) is 3.50. The number of nitrogens with zero attached hydrogens (tertiary/aromatic N) is 1. The highest BCUT2D eigenvalue weighted by molar-refractivity contribution is 5.78. The van der Waals surface area contributed by atoms with Gasteiger partial charge < -0.3 is 15.4 Å². The van der Waals surface area contributed by atoms with Crippen LogP contribution in [0.25, 0.3) is 0 Å². The van der Waals surface area contributed by atoms with Crippen molar-refractivity contribution in [2.45, 2.75) is 26.5 Å². The van der Waals surface area contributed by atoms with Crippen molar-refractivity contribution in [1.29, 1.82) is 0 Å². The first-order valence-corrected chi connectivity index (χ1v) is 6.86. The first kappa shape index (κ1) is 14.0. The molecule has 4 heteroatoms. The highest BCUT2D eigenvalue weighted by atomic mass is 16.5. The Bertz CT molecular complexity index is 417. The number of hydrogen-bond acceptors (Lipinski definition) is 3. The molecule has 1 aliphatic rings. The fourth-order valence-electron chi connectivity index (χ4n) is 2.35. The zero-order chi connectivity index (χ0) is 13.7. The minimum Gasteiger partial charge on any atom is -0.377 e. The van der Waals surface area contributed by atoms with Crippen LogP contribution in [0.5, 0.6) is 0 Å². The maximum atomic E-state index is 11.8. The second-order valence-electron chi connectivity index (χ2n) is 5.03. The van der Waals surface area contributed by atoms with Crippen LogP contribution in [0.2, 0.25) is 0 Å². The average molecular weight is 262 g/mol. The van der Waals surface area contributed by atoms with Crippen molar-refractivity contribution >= 4 is 5.91 Å². The van der Waals surface area contributed by atoms with Crippen LogP contribution in [0.15, 0.2) is 24.3 Å². The standard InChI is InChI=1S/C15H22N2O2/c1-2-19-11-13-5-3-12(4-6-13)9-17-10-14(8-16)7-15(17)18/h3-6,14H,2,7-11,16H2,1H3. The smallest absolute Gasteiger partial charge is 0.223 e. The van der Waals surface area contributed by atoms with Gasteiger partial charge in [0.05, 0.1) is 6.61 Å². The van der Waals surface area contributed by atoms with Gasteiger partial charge in [0.2, 0.25) is 5.91 Å². The van der Waals surface area contributed by atoms with Gasteiger partial charge in [-0.15, -0.1) is 0 Å². The van der Waals surface area contributed by atoms with E-state index in [2.05, 4.69) is 24.3 Å². The van der Waals surface area contributed by atoms with E-state index in [1.165, 1.54) is 0 Å². The summed E-state index contributed by atoms with van der Waals surface area (Å²) >= 11 is 0. The van der Waals surface area contributed by atoms with Crippen molar-refractivity contribution in [2.75, 3.05) is 19.7 Å². The highest BCUT2D eigenvalue weighted by Crippen LogP contribution is 2.19. The van der Waals surface area contributed by atoms with Gasteiger partial charge in [0.15, 0.2) is 0 Å². The molecular formula is C15H22N2O2. The molecule has 104 valence electrons. The van der Waals surface area contributed by atoms with E-state index in [4.69, 9.17) is 10.5 Å². The Balaban J connectivity index is 1.91. The largest absolute Gasteiger partial charge is 0.377 e. The lowest BCUT2D eigenvalue weighted by atomic mass is 10.1. The normalized spacial score (nSPS) is 19.2. The molecule has 0 aromatic heterocycles. The molecule has 1 unspecified atom stereocenters. The number of nitrogens with two attached hydrogens (primary N) is 1. The van der Waals surface area contributed by atoms with Crippen molar-refractivity contribution < 1.29 is 9.53 Å². The van der Waals surface area contributed by atoms with Crippen LogP contribution in [0.3, 0.4) is 0 Å². The van der Waals surface area contributed by atoms with Gasteiger partial charge in [0.1, 0.15) is 0 Å². The van der Waals surface area contributed by atoms with E-state index in [0.717, 1.165) is 24.3 Å². The first-order chi connectivity index (χ1) is 9.22. The number of likely N-dealkylation sites (tertiary alicyclic amines) is 1. The van der Waals surface area contributed by atoms with Gasteiger partial charge >= 0.3 is 0 Å². The molecule has 1 aliphatic heterocycles. The summed E-state index contributed by atoms with van der Waals surface area (Å²) in [6.45, 7) is 5.43. The Morgan fingerprint density at radius 1 is 1.32 bits per heavy atom. The van der Waals surface area contributed by atoms with E-state index in [1.807, 2.05) is 11.8 Å². The Morgan fingerprint density at radius 2 is 2.00 bits per heavy atom. The molecule has 1 fully saturated rings. The fourth-order valence-corrected chi connectivity index (χ4v) is 2.35. The van der Waals surface area contributed by atoms with Gasteiger partial charge in [-0.05, 0) is 30.5 Å². The van der Waals surface area contributed by atoms with Crippen molar-refractivity contribution in [2.24, 2.45) is 11.7 Å². The predicted molar refractivity (Wildman–Crippen MR) is 74.4 cm³/mol. The number of carbonyl (C=O) groups is 1. The summed E-state index contributed by atoms with van der Waals surface area (Å²) in [7, 11) is 0. The maximum absolute atomic E-state index is 11.8. The van der Waals surface area contributed by atoms with Crippen LogP contribution in [0.1, 0.15) is 24.5 Å². The molecule has 2 rings (SSSR count). The summed E-state index contributed by atoms with van der Waals surface area (Å²) in [5.41, 5.74) is 7.95.